The van der Waals surface area contributed by atoms with Crippen LogP contribution < -0.4 is 4.74 Å². The summed E-state index contributed by atoms with van der Waals surface area (Å²) < 4.78 is 12.9. The van der Waals surface area contributed by atoms with Crippen LogP contribution in [0.3, 0.4) is 0 Å². The van der Waals surface area contributed by atoms with Crippen molar-refractivity contribution in [2.24, 2.45) is 18.9 Å². The Morgan fingerprint density at radius 1 is 1.21 bits per heavy atom. The van der Waals surface area contributed by atoms with Gasteiger partial charge in [-0.15, -0.1) is 10.2 Å². The second kappa shape index (κ2) is 10.4. The Bertz CT molecular complexity index is 1000. The van der Waals surface area contributed by atoms with Gasteiger partial charge in [-0.1, -0.05) is 5.21 Å². The molecule has 34 heavy (non-hydrogen) atoms. The van der Waals surface area contributed by atoms with Crippen LogP contribution in [-0.4, -0.2) is 56.5 Å². The molecule has 1 aromatic carbocycles. The smallest absolute Gasteiger partial charge is 0.490 e. The van der Waals surface area contributed by atoms with E-state index in [1.807, 2.05) is 31.2 Å². The van der Waals surface area contributed by atoms with Crippen LogP contribution in [0.2, 0.25) is 0 Å². The number of carboxylic acids is 1. The van der Waals surface area contributed by atoms with Gasteiger partial charge in [0.2, 0.25) is 0 Å². The van der Waals surface area contributed by atoms with E-state index in [9.17, 15) is 14.7 Å². The monoisotopic (exact) mass is 472 g/mol. The van der Waals surface area contributed by atoms with Gasteiger partial charge in [0.25, 0.3) is 0 Å². The van der Waals surface area contributed by atoms with Crippen LogP contribution in [0, 0.1) is 11.8 Å². The second-order valence-electron chi connectivity index (χ2n) is 9.23. The number of benzene rings is 1. The third kappa shape index (κ3) is 5.85. The summed E-state index contributed by atoms with van der Waals surface area (Å²) in [7, 11) is 3.47. The van der Waals surface area contributed by atoms with Crippen molar-refractivity contribution >= 4 is 12.1 Å². The van der Waals surface area contributed by atoms with E-state index >= 15 is 0 Å². The van der Waals surface area contributed by atoms with Gasteiger partial charge in [-0.25, -0.2) is 9.48 Å². The van der Waals surface area contributed by atoms with Crippen molar-refractivity contribution in [2.75, 3.05) is 7.05 Å². The molecule has 2 aliphatic rings. The standard InChI is InChI=1S/C24H32N4O6/c1-15(16-7-8-16)28(3)34-24(31)32-14-21-22(25-26-27(21)2)17-9-11-19(12-10-17)33-20-6-4-5-18(13-20)23(29)30/h9-12,15-16,18,20H,4-8,13-14H2,1-3H3,(H,29,30)/t15?,18-,20-/m0/s1. The summed E-state index contributed by atoms with van der Waals surface area (Å²) >= 11 is 0. The summed E-state index contributed by atoms with van der Waals surface area (Å²) in [5.41, 5.74) is 2.05. The van der Waals surface area contributed by atoms with E-state index in [-0.39, 0.29) is 24.7 Å². The normalized spacial score (nSPS) is 21.2. The number of hydrogen-bond donors (Lipinski definition) is 1. The molecule has 184 valence electrons. The van der Waals surface area contributed by atoms with Crippen molar-refractivity contribution in [3.8, 4) is 17.0 Å². The molecular weight excluding hydrogens is 440 g/mol. The fourth-order valence-corrected chi connectivity index (χ4v) is 4.35. The largest absolute Gasteiger partial charge is 0.528 e. The fraction of sp³-hybridized carbons (Fsp3) is 0.583. The third-order valence-electron chi connectivity index (χ3n) is 6.77. The average Bonchev–Trinajstić information content (AvgIpc) is 3.60. The molecule has 4 rings (SSSR count). The molecule has 2 fully saturated rings. The molecular formula is C24H32N4O6. The average molecular weight is 473 g/mol. The van der Waals surface area contributed by atoms with E-state index in [0.29, 0.717) is 35.9 Å². The lowest BCUT2D eigenvalue weighted by Gasteiger charge is -2.27. The SMILES string of the molecule is CC(C1CC1)N(C)OC(=O)OCc1c(-c2ccc(O[C@H]3CCC[C@H](C(=O)O)C3)cc2)nnn1C. The van der Waals surface area contributed by atoms with Crippen LogP contribution in [0.1, 0.15) is 51.1 Å². The lowest BCUT2D eigenvalue weighted by atomic mass is 9.87. The highest BCUT2D eigenvalue weighted by Crippen LogP contribution is 2.35. The van der Waals surface area contributed by atoms with E-state index < -0.39 is 12.1 Å². The van der Waals surface area contributed by atoms with Gasteiger partial charge in [-0.3, -0.25) is 4.79 Å². The van der Waals surface area contributed by atoms with Gasteiger partial charge < -0.3 is 19.4 Å². The summed E-state index contributed by atoms with van der Waals surface area (Å²) in [5.74, 6) is 0.143. The summed E-state index contributed by atoms with van der Waals surface area (Å²) in [4.78, 5) is 28.7. The van der Waals surface area contributed by atoms with E-state index in [2.05, 4.69) is 10.3 Å². The fourth-order valence-electron chi connectivity index (χ4n) is 4.35. The molecule has 1 unspecified atom stereocenters. The van der Waals surface area contributed by atoms with Crippen molar-refractivity contribution in [2.45, 2.75) is 64.2 Å². The zero-order valence-corrected chi connectivity index (χ0v) is 19.8. The number of aryl methyl sites for hydroxylation is 1. The number of carbonyl (C=O) groups is 2. The topological polar surface area (TPSA) is 116 Å². The Kier molecular flexibility index (Phi) is 7.35. The van der Waals surface area contributed by atoms with Gasteiger partial charge in [-0.2, -0.15) is 0 Å². The summed E-state index contributed by atoms with van der Waals surface area (Å²) in [5, 5.41) is 19.1. The number of aromatic nitrogens is 3. The molecule has 0 radical (unpaired) electrons. The van der Waals surface area contributed by atoms with E-state index in [4.69, 9.17) is 14.3 Å². The maximum Gasteiger partial charge on any atom is 0.528 e. The molecule has 1 N–H and O–H groups in total. The molecule has 2 aromatic rings. The maximum absolute atomic E-state index is 12.2. The minimum atomic E-state index is -0.766. The van der Waals surface area contributed by atoms with E-state index in [1.54, 1.807) is 23.8 Å². The zero-order valence-electron chi connectivity index (χ0n) is 19.8. The maximum atomic E-state index is 12.2. The number of aliphatic carboxylic acids is 1. The molecule has 2 aliphatic carbocycles. The first-order valence-corrected chi connectivity index (χ1v) is 11.8. The van der Waals surface area contributed by atoms with E-state index in [1.165, 1.54) is 0 Å². The van der Waals surface area contributed by atoms with Crippen LogP contribution in [0.25, 0.3) is 11.3 Å². The number of carboxylic acid groups (broad SMARTS) is 1. The quantitative estimate of drug-likeness (QED) is 0.430. The van der Waals surface area contributed by atoms with Crippen LogP contribution in [0.15, 0.2) is 24.3 Å². The number of carbonyl (C=O) groups excluding carboxylic acids is 1. The first-order chi connectivity index (χ1) is 16.3. The van der Waals surface area contributed by atoms with Crippen molar-refractivity contribution in [3.05, 3.63) is 30.0 Å². The third-order valence-corrected chi connectivity index (χ3v) is 6.77. The molecule has 3 atom stereocenters. The van der Waals surface area contributed by atoms with Gasteiger partial charge in [0.05, 0.1) is 12.0 Å². The van der Waals surface area contributed by atoms with Crippen LogP contribution >= 0.6 is 0 Å². The molecule has 1 aromatic heterocycles. The molecule has 0 aliphatic heterocycles. The van der Waals surface area contributed by atoms with Gasteiger partial charge >= 0.3 is 12.1 Å². The Balaban J connectivity index is 1.34. The van der Waals surface area contributed by atoms with Gasteiger partial charge in [0.15, 0.2) is 0 Å². The van der Waals surface area contributed by atoms with Gasteiger partial charge in [-0.05, 0) is 75.6 Å². The molecule has 0 amide bonds. The number of ether oxygens (including phenoxy) is 2. The van der Waals surface area contributed by atoms with Crippen molar-refractivity contribution in [1.29, 1.82) is 0 Å². The Labute approximate surface area is 198 Å². The van der Waals surface area contributed by atoms with Crippen LogP contribution in [-0.2, 0) is 28.0 Å². The lowest BCUT2D eigenvalue weighted by molar-refractivity contribution is -0.143. The van der Waals surface area contributed by atoms with E-state index in [0.717, 1.165) is 31.2 Å². The summed E-state index contributed by atoms with van der Waals surface area (Å²) in [6.07, 6.45) is 4.36. The molecule has 10 heteroatoms. The number of hydrogen-bond acceptors (Lipinski definition) is 8. The Hall–Kier alpha value is -3.14. The molecule has 0 spiro atoms. The van der Waals surface area contributed by atoms with Crippen molar-refractivity contribution in [1.82, 2.24) is 20.1 Å². The number of rotatable bonds is 9. The Morgan fingerprint density at radius 3 is 2.62 bits per heavy atom. The molecule has 1 heterocycles. The molecule has 0 saturated heterocycles. The zero-order chi connectivity index (χ0) is 24.2. The van der Waals surface area contributed by atoms with Crippen molar-refractivity contribution < 1.29 is 29.0 Å². The second-order valence-corrected chi connectivity index (χ2v) is 9.23. The minimum absolute atomic E-state index is 0.0276. The van der Waals surface area contributed by atoms with Gasteiger partial charge in [0.1, 0.15) is 23.7 Å². The van der Waals surface area contributed by atoms with Crippen molar-refractivity contribution in [3.63, 3.8) is 0 Å². The molecule has 10 nitrogen and oxygen atoms in total. The minimum Gasteiger partial charge on any atom is -0.490 e. The predicted octanol–water partition coefficient (Wildman–Crippen LogP) is 3.80. The summed E-state index contributed by atoms with van der Waals surface area (Å²) in [6, 6.07) is 7.56. The Morgan fingerprint density at radius 2 is 1.94 bits per heavy atom. The summed E-state index contributed by atoms with van der Waals surface area (Å²) in [6.45, 7) is 2.00. The lowest BCUT2D eigenvalue weighted by Crippen LogP contribution is -2.33. The highest BCUT2D eigenvalue weighted by Gasteiger charge is 2.32. The highest BCUT2D eigenvalue weighted by molar-refractivity contribution is 5.70. The molecule has 0 bridgehead atoms. The first-order valence-electron chi connectivity index (χ1n) is 11.8. The predicted molar refractivity (Wildman–Crippen MR) is 122 cm³/mol. The first kappa shape index (κ1) is 24.0. The highest BCUT2D eigenvalue weighted by atomic mass is 16.8. The van der Waals surface area contributed by atoms with Gasteiger partial charge in [0, 0.05) is 25.7 Å². The number of nitrogens with zero attached hydrogens (tertiary/aromatic N) is 4. The number of hydroxylamine groups is 2. The van der Waals surface area contributed by atoms with Crippen LogP contribution in [0.4, 0.5) is 4.79 Å². The van der Waals surface area contributed by atoms with Crippen LogP contribution in [0.5, 0.6) is 5.75 Å². The molecule has 2 saturated carbocycles.